The van der Waals surface area contributed by atoms with Crippen LogP contribution in [-0.2, 0) is 10.0 Å². The van der Waals surface area contributed by atoms with Crippen LogP contribution in [0.15, 0.2) is 23.1 Å². The molecule has 0 aliphatic rings. The third-order valence-electron chi connectivity index (χ3n) is 2.94. The highest BCUT2D eigenvalue weighted by Crippen LogP contribution is 2.22. The average molecular weight is 314 g/mol. The second kappa shape index (κ2) is 6.91. The molecule has 0 aromatic heterocycles. The van der Waals surface area contributed by atoms with Gasteiger partial charge in [-0.15, -0.1) is 0 Å². The topological polar surface area (TPSA) is 95.5 Å². The van der Waals surface area contributed by atoms with E-state index in [0.29, 0.717) is 5.69 Å². The molecule has 7 heteroatoms. The molecule has 6 nitrogen and oxygen atoms in total. The van der Waals surface area contributed by atoms with Gasteiger partial charge in [0.05, 0.1) is 10.5 Å². The Bertz CT molecular complexity index is 611. The maximum absolute atomic E-state index is 12.1. The lowest BCUT2D eigenvalue weighted by Gasteiger charge is -2.16. The van der Waals surface area contributed by atoms with Gasteiger partial charge in [-0.05, 0) is 45.4 Å². The SMILES string of the molecule is CC[C@H](C)Nc1ccc(S(=O)(=O)NC(C)C)cc1C(=O)O. The minimum Gasteiger partial charge on any atom is -0.478 e. The minimum atomic E-state index is -3.71. The molecular weight excluding hydrogens is 292 g/mol. The number of carbonyl (C=O) groups is 1. The molecule has 3 N–H and O–H groups in total. The number of nitrogens with one attached hydrogen (secondary N) is 2. The van der Waals surface area contributed by atoms with Crippen LogP contribution in [-0.4, -0.2) is 31.6 Å². The Hall–Kier alpha value is -1.60. The van der Waals surface area contributed by atoms with Crippen molar-refractivity contribution < 1.29 is 18.3 Å². The molecule has 1 aromatic carbocycles. The van der Waals surface area contributed by atoms with Gasteiger partial charge in [-0.25, -0.2) is 17.9 Å². The number of hydrogen-bond donors (Lipinski definition) is 3. The van der Waals surface area contributed by atoms with E-state index in [0.717, 1.165) is 6.42 Å². The number of rotatable bonds is 7. The molecule has 1 rings (SSSR count). The van der Waals surface area contributed by atoms with Crippen LogP contribution in [0.5, 0.6) is 0 Å². The van der Waals surface area contributed by atoms with Crippen molar-refractivity contribution in [3.8, 4) is 0 Å². The standard InChI is InChI=1S/C14H22N2O4S/c1-5-10(4)15-13-7-6-11(8-12(13)14(17)18)21(19,20)16-9(2)3/h6-10,15-16H,5H2,1-4H3,(H,17,18)/t10-/m0/s1. The van der Waals surface area contributed by atoms with Gasteiger partial charge in [0.1, 0.15) is 0 Å². The number of anilines is 1. The van der Waals surface area contributed by atoms with E-state index in [9.17, 15) is 18.3 Å². The first-order chi connectivity index (χ1) is 9.67. The second-order valence-electron chi connectivity index (χ2n) is 5.24. The molecule has 0 bridgehead atoms. The lowest BCUT2D eigenvalue weighted by Crippen LogP contribution is -2.30. The fourth-order valence-electron chi connectivity index (χ4n) is 1.74. The van der Waals surface area contributed by atoms with Crippen molar-refractivity contribution in [2.24, 2.45) is 0 Å². The van der Waals surface area contributed by atoms with E-state index in [1.54, 1.807) is 13.8 Å². The van der Waals surface area contributed by atoms with Crippen LogP contribution in [0.1, 0.15) is 44.5 Å². The number of hydrogen-bond acceptors (Lipinski definition) is 4. The van der Waals surface area contributed by atoms with Crippen molar-refractivity contribution in [2.75, 3.05) is 5.32 Å². The fraction of sp³-hybridized carbons (Fsp3) is 0.500. The van der Waals surface area contributed by atoms with Crippen molar-refractivity contribution in [3.63, 3.8) is 0 Å². The van der Waals surface area contributed by atoms with Gasteiger partial charge in [0.25, 0.3) is 0 Å². The summed E-state index contributed by atoms with van der Waals surface area (Å²) in [5, 5.41) is 12.3. The molecular formula is C14H22N2O4S. The molecule has 0 saturated carbocycles. The first-order valence-corrected chi connectivity index (χ1v) is 8.32. The Morgan fingerprint density at radius 1 is 1.29 bits per heavy atom. The van der Waals surface area contributed by atoms with Gasteiger partial charge in [0.15, 0.2) is 0 Å². The fourth-order valence-corrected chi connectivity index (χ4v) is 3.02. The molecule has 0 fully saturated rings. The van der Waals surface area contributed by atoms with Gasteiger partial charge in [0.2, 0.25) is 10.0 Å². The molecule has 0 aliphatic heterocycles. The Morgan fingerprint density at radius 2 is 1.90 bits per heavy atom. The average Bonchev–Trinajstić information content (AvgIpc) is 2.36. The summed E-state index contributed by atoms with van der Waals surface area (Å²) in [6, 6.07) is 3.91. The molecule has 0 spiro atoms. The summed E-state index contributed by atoms with van der Waals surface area (Å²) in [6.07, 6.45) is 0.827. The lowest BCUT2D eigenvalue weighted by molar-refractivity contribution is 0.0697. The number of carboxylic acids is 1. The third-order valence-corrected chi connectivity index (χ3v) is 4.59. The van der Waals surface area contributed by atoms with Crippen LogP contribution in [0, 0.1) is 0 Å². The van der Waals surface area contributed by atoms with Crippen LogP contribution in [0.4, 0.5) is 5.69 Å². The summed E-state index contributed by atoms with van der Waals surface area (Å²) in [6.45, 7) is 7.31. The third kappa shape index (κ3) is 4.71. The molecule has 0 heterocycles. The zero-order valence-electron chi connectivity index (χ0n) is 12.7. The predicted octanol–water partition coefficient (Wildman–Crippen LogP) is 2.28. The van der Waals surface area contributed by atoms with E-state index in [1.165, 1.54) is 18.2 Å². The van der Waals surface area contributed by atoms with Crippen LogP contribution in [0.25, 0.3) is 0 Å². The molecule has 0 amide bonds. The van der Waals surface area contributed by atoms with Gasteiger partial charge in [-0.2, -0.15) is 0 Å². The Labute approximate surface area is 125 Å². The minimum absolute atomic E-state index is 0.0525. The molecule has 0 saturated heterocycles. The quantitative estimate of drug-likeness (QED) is 0.717. The Kier molecular flexibility index (Phi) is 5.74. The van der Waals surface area contributed by atoms with Gasteiger partial charge >= 0.3 is 5.97 Å². The largest absolute Gasteiger partial charge is 0.478 e. The summed E-state index contributed by atoms with van der Waals surface area (Å²) in [5.74, 6) is -1.16. The summed E-state index contributed by atoms with van der Waals surface area (Å²) in [4.78, 5) is 11.3. The van der Waals surface area contributed by atoms with Crippen molar-refractivity contribution in [1.82, 2.24) is 4.72 Å². The highest BCUT2D eigenvalue weighted by molar-refractivity contribution is 7.89. The summed E-state index contributed by atoms with van der Waals surface area (Å²) < 4.78 is 26.6. The van der Waals surface area contributed by atoms with E-state index >= 15 is 0 Å². The summed E-state index contributed by atoms with van der Waals surface area (Å²) >= 11 is 0. The van der Waals surface area contributed by atoms with Crippen molar-refractivity contribution >= 4 is 21.7 Å². The molecule has 21 heavy (non-hydrogen) atoms. The van der Waals surface area contributed by atoms with Crippen molar-refractivity contribution in [2.45, 2.75) is 51.1 Å². The Morgan fingerprint density at radius 3 is 2.38 bits per heavy atom. The van der Waals surface area contributed by atoms with E-state index in [1.807, 2.05) is 13.8 Å². The van der Waals surface area contributed by atoms with Gasteiger partial charge in [-0.3, -0.25) is 0 Å². The maximum Gasteiger partial charge on any atom is 0.337 e. The molecule has 0 aliphatic carbocycles. The zero-order valence-corrected chi connectivity index (χ0v) is 13.5. The van der Waals surface area contributed by atoms with E-state index in [-0.39, 0.29) is 22.5 Å². The number of sulfonamides is 1. The molecule has 0 unspecified atom stereocenters. The highest BCUT2D eigenvalue weighted by atomic mass is 32.2. The maximum atomic E-state index is 12.1. The first-order valence-electron chi connectivity index (χ1n) is 6.83. The summed E-state index contributed by atoms with van der Waals surface area (Å²) in [7, 11) is -3.71. The zero-order chi connectivity index (χ0) is 16.2. The molecule has 118 valence electrons. The molecule has 0 radical (unpaired) electrons. The van der Waals surface area contributed by atoms with Gasteiger partial charge in [-0.1, -0.05) is 6.92 Å². The van der Waals surface area contributed by atoms with E-state index in [2.05, 4.69) is 10.0 Å². The van der Waals surface area contributed by atoms with Gasteiger partial charge in [0, 0.05) is 17.8 Å². The van der Waals surface area contributed by atoms with Gasteiger partial charge < -0.3 is 10.4 Å². The van der Waals surface area contributed by atoms with Crippen LogP contribution in [0.3, 0.4) is 0 Å². The van der Waals surface area contributed by atoms with Crippen LogP contribution >= 0.6 is 0 Å². The first kappa shape index (κ1) is 17.5. The Balaban J connectivity index is 3.23. The lowest BCUT2D eigenvalue weighted by atomic mass is 10.1. The molecule has 1 atom stereocenters. The number of benzene rings is 1. The smallest absolute Gasteiger partial charge is 0.337 e. The second-order valence-corrected chi connectivity index (χ2v) is 6.96. The van der Waals surface area contributed by atoms with Crippen LogP contribution in [0.2, 0.25) is 0 Å². The van der Waals surface area contributed by atoms with Crippen LogP contribution < -0.4 is 10.0 Å². The van der Waals surface area contributed by atoms with Crippen molar-refractivity contribution in [3.05, 3.63) is 23.8 Å². The normalized spacial score (nSPS) is 13.2. The monoisotopic (exact) mass is 314 g/mol. The summed E-state index contributed by atoms with van der Waals surface area (Å²) in [5.41, 5.74) is 0.363. The number of aromatic carboxylic acids is 1. The van der Waals surface area contributed by atoms with E-state index in [4.69, 9.17) is 0 Å². The molecule has 1 aromatic rings. The van der Waals surface area contributed by atoms with Crippen molar-refractivity contribution in [1.29, 1.82) is 0 Å². The number of carboxylic acid groups (broad SMARTS) is 1. The predicted molar refractivity (Wildman–Crippen MR) is 82.2 cm³/mol. The highest BCUT2D eigenvalue weighted by Gasteiger charge is 2.20. The van der Waals surface area contributed by atoms with E-state index < -0.39 is 16.0 Å².